The number of hydrogen-bond acceptors (Lipinski definition) is 3. The number of rotatable bonds is 2. The van der Waals surface area contributed by atoms with Crippen LogP contribution in [0.15, 0.2) is 11.3 Å². The second kappa shape index (κ2) is 3.09. The third-order valence-corrected chi connectivity index (χ3v) is 2.18. The predicted molar refractivity (Wildman–Crippen MR) is 45.6 cm³/mol. The summed E-state index contributed by atoms with van der Waals surface area (Å²) >= 11 is 0. The van der Waals surface area contributed by atoms with E-state index in [1.165, 1.54) is 6.92 Å². The van der Waals surface area contributed by atoms with Crippen molar-refractivity contribution in [3.8, 4) is 0 Å². The van der Waals surface area contributed by atoms with E-state index in [0.29, 0.717) is 12.1 Å². The van der Waals surface area contributed by atoms with Gasteiger partial charge in [0.05, 0.1) is 12.1 Å². The molecule has 0 bridgehead atoms. The lowest BCUT2D eigenvalue weighted by Crippen LogP contribution is -2.20. The van der Waals surface area contributed by atoms with Crippen molar-refractivity contribution in [2.45, 2.75) is 20.8 Å². The van der Waals surface area contributed by atoms with E-state index in [0.717, 1.165) is 12.2 Å². The Morgan fingerprint density at radius 1 is 1.58 bits per heavy atom. The molecule has 0 spiro atoms. The van der Waals surface area contributed by atoms with Gasteiger partial charge in [0, 0.05) is 12.2 Å². The Balaban J connectivity index is 3.01. The van der Waals surface area contributed by atoms with Crippen molar-refractivity contribution >= 4 is 11.6 Å². The van der Waals surface area contributed by atoms with Crippen molar-refractivity contribution in [2.24, 2.45) is 0 Å². The zero-order valence-electron chi connectivity index (χ0n) is 7.68. The highest BCUT2D eigenvalue weighted by Gasteiger charge is 2.28. The van der Waals surface area contributed by atoms with Crippen LogP contribution in [0.2, 0.25) is 0 Å². The van der Waals surface area contributed by atoms with Crippen molar-refractivity contribution in [2.75, 3.05) is 13.1 Å². The van der Waals surface area contributed by atoms with Gasteiger partial charge in [-0.3, -0.25) is 9.59 Å². The van der Waals surface area contributed by atoms with E-state index in [-0.39, 0.29) is 11.6 Å². The molecule has 0 aliphatic carbocycles. The van der Waals surface area contributed by atoms with Gasteiger partial charge in [-0.15, -0.1) is 0 Å². The van der Waals surface area contributed by atoms with Crippen LogP contribution in [0, 0.1) is 0 Å². The molecule has 66 valence electrons. The van der Waals surface area contributed by atoms with Crippen LogP contribution in [0.25, 0.3) is 0 Å². The highest BCUT2D eigenvalue weighted by Crippen LogP contribution is 2.19. The third kappa shape index (κ3) is 1.26. The molecule has 3 heteroatoms. The fourth-order valence-corrected chi connectivity index (χ4v) is 1.53. The first-order chi connectivity index (χ1) is 5.57. The van der Waals surface area contributed by atoms with E-state index in [2.05, 4.69) is 0 Å². The maximum Gasteiger partial charge on any atom is 0.187 e. The molecule has 0 amide bonds. The highest BCUT2D eigenvalue weighted by molar-refractivity contribution is 6.21. The lowest BCUT2D eigenvalue weighted by Gasteiger charge is -2.15. The minimum atomic E-state index is -0.117. The molecule has 0 saturated carbocycles. The Kier molecular flexibility index (Phi) is 2.31. The molecule has 0 atom stereocenters. The maximum atomic E-state index is 11.3. The Morgan fingerprint density at radius 3 is 2.42 bits per heavy atom. The van der Waals surface area contributed by atoms with Crippen LogP contribution in [-0.2, 0) is 9.59 Å². The van der Waals surface area contributed by atoms with Crippen LogP contribution >= 0.6 is 0 Å². The number of likely N-dealkylation sites (N-methyl/N-ethyl adjacent to an activating group) is 1. The molecule has 0 aromatic carbocycles. The summed E-state index contributed by atoms with van der Waals surface area (Å²) in [5.74, 6) is -0.157. The van der Waals surface area contributed by atoms with Crippen LogP contribution in [-0.4, -0.2) is 29.6 Å². The highest BCUT2D eigenvalue weighted by atomic mass is 16.2. The van der Waals surface area contributed by atoms with Gasteiger partial charge in [-0.2, -0.15) is 0 Å². The summed E-state index contributed by atoms with van der Waals surface area (Å²) in [5.41, 5.74) is 1.21. The Hall–Kier alpha value is -1.12. The molecule has 0 aromatic heterocycles. The number of carbonyl (C=O) groups is 2. The molecular formula is C9H13NO2. The van der Waals surface area contributed by atoms with Gasteiger partial charge >= 0.3 is 0 Å². The Morgan fingerprint density at radius 2 is 2.17 bits per heavy atom. The monoisotopic (exact) mass is 167 g/mol. The van der Waals surface area contributed by atoms with Gasteiger partial charge in [-0.25, -0.2) is 0 Å². The lowest BCUT2D eigenvalue weighted by atomic mass is 10.1. The van der Waals surface area contributed by atoms with Crippen LogP contribution in [0.4, 0.5) is 0 Å². The molecule has 12 heavy (non-hydrogen) atoms. The minimum Gasteiger partial charge on any atom is -0.367 e. The number of hydrogen-bond donors (Lipinski definition) is 0. The summed E-state index contributed by atoms with van der Waals surface area (Å²) in [6.45, 7) is 6.40. The molecule has 1 aliphatic heterocycles. The van der Waals surface area contributed by atoms with Crippen molar-refractivity contribution < 1.29 is 9.59 Å². The number of nitrogens with zero attached hydrogens (tertiary/aromatic N) is 1. The van der Waals surface area contributed by atoms with Gasteiger partial charge in [0.2, 0.25) is 0 Å². The quantitative estimate of drug-likeness (QED) is 0.570. The molecule has 1 rings (SSSR count). The molecule has 0 fully saturated rings. The van der Waals surface area contributed by atoms with Gasteiger partial charge in [-0.1, -0.05) is 0 Å². The van der Waals surface area contributed by atoms with Crippen LogP contribution < -0.4 is 0 Å². The fraction of sp³-hybridized carbons (Fsp3) is 0.556. The van der Waals surface area contributed by atoms with Crippen LogP contribution in [0.1, 0.15) is 20.8 Å². The zero-order chi connectivity index (χ0) is 9.30. The average Bonchev–Trinajstić information content (AvgIpc) is 2.25. The first-order valence-electron chi connectivity index (χ1n) is 4.07. The molecule has 0 saturated heterocycles. The SMILES string of the molecule is CCN1CC(=O)C(C(C)=O)=C1C. The molecule has 0 radical (unpaired) electrons. The predicted octanol–water partition coefficient (Wildman–Crippen LogP) is 0.754. The molecule has 0 N–H and O–H groups in total. The maximum absolute atomic E-state index is 11.3. The molecular weight excluding hydrogens is 154 g/mol. The molecule has 1 aliphatic rings. The Bertz CT molecular complexity index is 266. The minimum absolute atomic E-state index is 0.0400. The number of allylic oxidation sites excluding steroid dienone is 1. The molecule has 0 unspecified atom stereocenters. The van der Waals surface area contributed by atoms with Crippen molar-refractivity contribution in [3.63, 3.8) is 0 Å². The summed E-state index contributed by atoms with van der Waals surface area (Å²) in [5, 5.41) is 0. The van der Waals surface area contributed by atoms with Gasteiger partial charge in [-0.05, 0) is 20.8 Å². The van der Waals surface area contributed by atoms with Gasteiger partial charge in [0.1, 0.15) is 0 Å². The Labute approximate surface area is 72.0 Å². The fourth-order valence-electron chi connectivity index (χ4n) is 1.53. The average molecular weight is 167 g/mol. The van der Waals surface area contributed by atoms with E-state index in [1.54, 1.807) is 0 Å². The number of carbonyl (C=O) groups excluding carboxylic acids is 2. The largest absolute Gasteiger partial charge is 0.367 e. The molecule has 0 aromatic rings. The third-order valence-electron chi connectivity index (χ3n) is 2.18. The van der Waals surface area contributed by atoms with Crippen molar-refractivity contribution in [3.05, 3.63) is 11.3 Å². The van der Waals surface area contributed by atoms with E-state index >= 15 is 0 Å². The van der Waals surface area contributed by atoms with E-state index < -0.39 is 0 Å². The second-order valence-corrected chi connectivity index (χ2v) is 2.95. The van der Waals surface area contributed by atoms with E-state index in [4.69, 9.17) is 0 Å². The molecule has 3 nitrogen and oxygen atoms in total. The molecule has 1 heterocycles. The van der Waals surface area contributed by atoms with Crippen molar-refractivity contribution in [1.82, 2.24) is 4.90 Å². The zero-order valence-corrected chi connectivity index (χ0v) is 7.68. The van der Waals surface area contributed by atoms with E-state index in [1.807, 2.05) is 18.7 Å². The van der Waals surface area contributed by atoms with Crippen LogP contribution in [0.3, 0.4) is 0 Å². The van der Waals surface area contributed by atoms with Gasteiger partial charge < -0.3 is 4.90 Å². The first kappa shape index (κ1) is 8.97. The van der Waals surface area contributed by atoms with Gasteiger partial charge in [0.25, 0.3) is 0 Å². The first-order valence-corrected chi connectivity index (χ1v) is 4.07. The lowest BCUT2D eigenvalue weighted by molar-refractivity contribution is -0.119. The number of ketones is 2. The summed E-state index contributed by atoms with van der Waals surface area (Å²) in [4.78, 5) is 24.2. The topological polar surface area (TPSA) is 37.4 Å². The standard InChI is InChI=1S/C9H13NO2/c1-4-10-5-8(12)9(6(10)2)7(3)11/h4-5H2,1-3H3. The van der Waals surface area contributed by atoms with Crippen molar-refractivity contribution in [1.29, 1.82) is 0 Å². The summed E-state index contributed by atoms with van der Waals surface area (Å²) in [6, 6.07) is 0. The smallest absolute Gasteiger partial charge is 0.187 e. The summed E-state index contributed by atoms with van der Waals surface area (Å²) in [6.07, 6.45) is 0. The second-order valence-electron chi connectivity index (χ2n) is 2.95. The summed E-state index contributed by atoms with van der Waals surface area (Å²) in [7, 11) is 0. The number of Topliss-reactive ketones (excluding diaryl/α,β-unsaturated/α-hetero) is 2. The van der Waals surface area contributed by atoms with Gasteiger partial charge in [0.15, 0.2) is 11.6 Å². The van der Waals surface area contributed by atoms with E-state index in [9.17, 15) is 9.59 Å². The van der Waals surface area contributed by atoms with Crippen LogP contribution in [0.5, 0.6) is 0 Å². The summed E-state index contributed by atoms with van der Waals surface area (Å²) < 4.78 is 0. The normalized spacial score (nSPS) is 17.6.